The zero-order valence-electron chi connectivity index (χ0n) is 14.3. The summed E-state index contributed by atoms with van der Waals surface area (Å²) >= 11 is 6.07. The van der Waals surface area contributed by atoms with Gasteiger partial charge in [-0.05, 0) is 25.1 Å². The third-order valence-electron chi connectivity index (χ3n) is 3.06. The Labute approximate surface area is 146 Å². The molecule has 1 aromatic heterocycles. The van der Waals surface area contributed by atoms with Crippen LogP contribution in [0.25, 0.3) is 5.69 Å². The van der Waals surface area contributed by atoms with E-state index >= 15 is 0 Å². The molecule has 0 aliphatic heterocycles. The number of amides is 1. The molecular weight excluding hydrogens is 328 g/mol. The number of hydrogen-bond acceptors (Lipinski definition) is 4. The average molecular weight is 349 g/mol. The van der Waals surface area contributed by atoms with Crippen molar-refractivity contribution in [1.82, 2.24) is 20.1 Å². The Kier molecular flexibility index (Phi) is 5.29. The largest absolute Gasteiger partial charge is 0.416 e. The molecule has 0 saturated heterocycles. The van der Waals surface area contributed by atoms with E-state index in [1.807, 2.05) is 32.9 Å². The average Bonchev–Trinajstić information content (AvgIpc) is 2.88. The van der Waals surface area contributed by atoms with Crippen LogP contribution in [0.15, 0.2) is 36.6 Å². The minimum Gasteiger partial charge on any atom is -0.416 e. The van der Waals surface area contributed by atoms with Gasteiger partial charge in [0, 0.05) is 10.4 Å². The molecule has 2 aromatic rings. The zero-order valence-corrected chi connectivity index (χ0v) is 15.0. The van der Waals surface area contributed by atoms with Crippen molar-refractivity contribution in [2.75, 3.05) is 0 Å². The molecule has 0 atom stereocenters. The number of benzene rings is 1. The maximum absolute atomic E-state index is 11.7. The topological polar surface area (TPSA) is 69.0 Å². The number of halogens is 1. The Morgan fingerprint density at radius 2 is 2.12 bits per heavy atom. The van der Waals surface area contributed by atoms with Crippen LogP contribution in [0.3, 0.4) is 0 Å². The highest BCUT2D eigenvalue weighted by atomic mass is 35.5. The van der Waals surface area contributed by atoms with Crippen LogP contribution >= 0.6 is 11.6 Å². The van der Waals surface area contributed by atoms with Crippen LogP contribution in [-0.4, -0.2) is 20.9 Å². The van der Waals surface area contributed by atoms with Gasteiger partial charge in [-0.1, -0.05) is 45.0 Å². The van der Waals surface area contributed by atoms with Gasteiger partial charge in [-0.25, -0.2) is 14.5 Å². The third-order valence-corrected chi connectivity index (χ3v) is 3.29. The predicted octanol–water partition coefficient (Wildman–Crippen LogP) is 3.98. The molecule has 1 aromatic carbocycles. The molecule has 128 valence electrons. The molecule has 1 N–H and O–H groups in total. The van der Waals surface area contributed by atoms with Crippen LogP contribution in [0.2, 0.25) is 5.02 Å². The summed E-state index contributed by atoms with van der Waals surface area (Å²) in [4.78, 5) is 16.2. The summed E-state index contributed by atoms with van der Waals surface area (Å²) in [6.07, 6.45) is -0.583. The van der Waals surface area contributed by atoms with Gasteiger partial charge in [-0.3, -0.25) is 0 Å². The van der Waals surface area contributed by atoms with E-state index in [9.17, 15) is 4.79 Å². The molecule has 0 aliphatic rings. The van der Waals surface area contributed by atoms with Crippen molar-refractivity contribution in [3.05, 3.63) is 53.3 Å². The van der Waals surface area contributed by atoms with E-state index in [4.69, 9.17) is 16.3 Å². The summed E-state index contributed by atoms with van der Waals surface area (Å²) in [6.45, 7) is 11.4. The van der Waals surface area contributed by atoms with Gasteiger partial charge in [0.15, 0.2) is 11.6 Å². The molecule has 7 heteroatoms. The molecule has 0 unspecified atom stereocenters. The molecule has 1 amide bonds. The monoisotopic (exact) mass is 348 g/mol. The van der Waals surface area contributed by atoms with Crippen molar-refractivity contribution < 1.29 is 9.53 Å². The molecule has 1 heterocycles. The molecule has 2 rings (SSSR count). The van der Waals surface area contributed by atoms with Crippen molar-refractivity contribution in [3.63, 3.8) is 0 Å². The van der Waals surface area contributed by atoms with E-state index in [1.54, 1.807) is 23.7 Å². The fraction of sp³-hybridized carbons (Fsp3) is 0.353. The SMILES string of the molecule is C=C(C)OC(=O)NCc1nc(C(C)(C)C)nn1-c1cccc(Cl)c1. The lowest BCUT2D eigenvalue weighted by Crippen LogP contribution is -2.25. The van der Waals surface area contributed by atoms with E-state index < -0.39 is 6.09 Å². The molecule has 0 bridgehead atoms. The molecule has 0 fully saturated rings. The first kappa shape index (κ1) is 18.0. The Bertz CT molecular complexity index is 762. The molecule has 24 heavy (non-hydrogen) atoms. The minimum absolute atomic E-state index is 0.168. The number of alkyl carbamates (subject to hydrolysis) is 1. The number of aromatic nitrogens is 3. The van der Waals surface area contributed by atoms with E-state index in [-0.39, 0.29) is 12.0 Å². The number of allylic oxidation sites excluding steroid dienone is 1. The molecule has 0 radical (unpaired) electrons. The normalized spacial score (nSPS) is 11.2. The lowest BCUT2D eigenvalue weighted by atomic mass is 9.96. The number of ether oxygens (including phenoxy) is 1. The van der Waals surface area contributed by atoms with Gasteiger partial charge in [0.1, 0.15) is 0 Å². The van der Waals surface area contributed by atoms with Crippen LogP contribution in [-0.2, 0) is 16.7 Å². The molecule has 0 aliphatic carbocycles. The van der Waals surface area contributed by atoms with Gasteiger partial charge in [0.05, 0.1) is 18.0 Å². The molecule has 0 spiro atoms. The maximum Gasteiger partial charge on any atom is 0.412 e. The van der Waals surface area contributed by atoms with Crippen LogP contribution in [0.4, 0.5) is 4.79 Å². The van der Waals surface area contributed by atoms with Gasteiger partial charge in [0.2, 0.25) is 0 Å². The van der Waals surface area contributed by atoms with E-state index in [0.29, 0.717) is 22.4 Å². The van der Waals surface area contributed by atoms with Gasteiger partial charge in [0.25, 0.3) is 0 Å². The second-order valence-corrected chi connectivity index (χ2v) is 6.87. The third kappa shape index (κ3) is 4.58. The summed E-state index contributed by atoms with van der Waals surface area (Å²) in [6, 6.07) is 7.29. The number of nitrogens with zero attached hydrogens (tertiary/aromatic N) is 3. The molecular formula is C17H21ClN4O2. The van der Waals surface area contributed by atoms with Crippen LogP contribution in [0, 0.1) is 0 Å². The van der Waals surface area contributed by atoms with Gasteiger partial charge >= 0.3 is 6.09 Å². The smallest absolute Gasteiger partial charge is 0.412 e. The second-order valence-electron chi connectivity index (χ2n) is 6.44. The Morgan fingerprint density at radius 3 is 2.71 bits per heavy atom. The summed E-state index contributed by atoms with van der Waals surface area (Å²) in [5.41, 5.74) is 0.548. The fourth-order valence-corrected chi connectivity index (χ4v) is 2.12. The Hall–Kier alpha value is -2.34. The summed E-state index contributed by atoms with van der Waals surface area (Å²) < 4.78 is 6.56. The second kappa shape index (κ2) is 7.05. The highest BCUT2D eigenvalue weighted by molar-refractivity contribution is 6.30. The zero-order chi connectivity index (χ0) is 17.9. The number of hydrogen-bond donors (Lipinski definition) is 1. The van der Waals surface area contributed by atoms with E-state index in [0.717, 1.165) is 5.69 Å². The number of carbonyl (C=O) groups excluding carboxylic acids is 1. The van der Waals surface area contributed by atoms with Gasteiger partial charge in [-0.15, -0.1) is 0 Å². The fourth-order valence-electron chi connectivity index (χ4n) is 1.94. The first-order valence-electron chi connectivity index (χ1n) is 7.50. The van der Waals surface area contributed by atoms with Crippen molar-refractivity contribution in [2.24, 2.45) is 0 Å². The Balaban J connectivity index is 2.33. The maximum atomic E-state index is 11.7. The lowest BCUT2D eigenvalue weighted by Gasteiger charge is -2.12. The lowest BCUT2D eigenvalue weighted by molar-refractivity contribution is 0.176. The van der Waals surface area contributed by atoms with Crippen molar-refractivity contribution >= 4 is 17.7 Å². The summed E-state index contributed by atoms with van der Waals surface area (Å²) in [5, 5.41) is 7.81. The number of carbonyl (C=O) groups is 1. The summed E-state index contributed by atoms with van der Waals surface area (Å²) in [7, 11) is 0. The van der Waals surface area contributed by atoms with Crippen molar-refractivity contribution in [2.45, 2.75) is 39.7 Å². The predicted molar refractivity (Wildman–Crippen MR) is 93.2 cm³/mol. The van der Waals surface area contributed by atoms with Crippen LogP contribution in [0.5, 0.6) is 0 Å². The van der Waals surface area contributed by atoms with Gasteiger partial charge in [-0.2, -0.15) is 5.10 Å². The number of nitrogens with one attached hydrogen (secondary N) is 1. The van der Waals surface area contributed by atoms with Gasteiger partial charge < -0.3 is 10.1 Å². The quantitative estimate of drug-likeness (QED) is 0.848. The number of rotatable bonds is 4. The highest BCUT2D eigenvalue weighted by Gasteiger charge is 2.22. The van der Waals surface area contributed by atoms with E-state index in [1.165, 1.54) is 0 Å². The minimum atomic E-state index is -0.583. The first-order chi connectivity index (χ1) is 11.2. The van der Waals surface area contributed by atoms with Crippen LogP contribution < -0.4 is 5.32 Å². The first-order valence-corrected chi connectivity index (χ1v) is 7.88. The van der Waals surface area contributed by atoms with E-state index in [2.05, 4.69) is 22.0 Å². The Morgan fingerprint density at radius 1 is 1.42 bits per heavy atom. The highest BCUT2D eigenvalue weighted by Crippen LogP contribution is 2.22. The van der Waals surface area contributed by atoms with Crippen molar-refractivity contribution in [3.8, 4) is 5.69 Å². The standard InChI is InChI=1S/C17H21ClN4O2/c1-11(2)24-16(23)19-10-14-20-15(17(3,4)5)21-22(14)13-8-6-7-12(18)9-13/h6-9H,1,10H2,2-5H3,(H,19,23). The van der Waals surface area contributed by atoms with Crippen LogP contribution in [0.1, 0.15) is 39.3 Å². The summed E-state index contributed by atoms with van der Waals surface area (Å²) in [5.74, 6) is 1.58. The molecule has 0 saturated carbocycles. The molecule has 6 nitrogen and oxygen atoms in total. The van der Waals surface area contributed by atoms with Crippen molar-refractivity contribution in [1.29, 1.82) is 0 Å².